The van der Waals surface area contributed by atoms with Gasteiger partial charge in [0.15, 0.2) is 0 Å². The van der Waals surface area contributed by atoms with Crippen LogP contribution >= 0.6 is 23.2 Å². The lowest BCUT2D eigenvalue weighted by atomic mass is 9.84. The van der Waals surface area contributed by atoms with E-state index >= 15 is 0 Å². The van der Waals surface area contributed by atoms with Gasteiger partial charge < -0.3 is 9.47 Å². The van der Waals surface area contributed by atoms with Crippen molar-refractivity contribution in [2.24, 2.45) is 5.92 Å². The Bertz CT molecular complexity index is 725. The van der Waals surface area contributed by atoms with Gasteiger partial charge in [0, 0.05) is 34.9 Å². The second-order valence-electron chi connectivity index (χ2n) is 6.19. The van der Waals surface area contributed by atoms with Crippen LogP contribution in [0.4, 0.5) is 0 Å². The number of hydrogen-bond acceptors (Lipinski definition) is 2. The van der Waals surface area contributed by atoms with Gasteiger partial charge >= 0.3 is 0 Å². The van der Waals surface area contributed by atoms with Crippen molar-refractivity contribution in [3.8, 4) is 0 Å². The summed E-state index contributed by atoms with van der Waals surface area (Å²) in [5.74, 6) is 1.33. The molecule has 0 radical (unpaired) electrons. The fourth-order valence-corrected chi connectivity index (χ4v) is 3.37. The molecule has 1 fully saturated rings. The van der Waals surface area contributed by atoms with Crippen LogP contribution in [0.25, 0.3) is 0 Å². The summed E-state index contributed by atoms with van der Waals surface area (Å²) in [6.45, 7) is 3.86. The maximum absolute atomic E-state index is 12.5. The summed E-state index contributed by atoms with van der Waals surface area (Å²) in [6.07, 6.45) is 6.88. The minimum Gasteiger partial charge on any atom is -0.335 e. The molecule has 1 amide bonds. The highest BCUT2D eigenvalue weighted by Crippen LogP contribution is 2.29. The summed E-state index contributed by atoms with van der Waals surface area (Å²) in [6, 6.07) is 5.50. The third kappa shape index (κ3) is 3.76. The molecule has 0 unspecified atom stereocenters. The van der Waals surface area contributed by atoms with E-state index in [1.165, 1.54) is 0 Å². The normalized spacial score (nSPS) is 14.5. The fraction of sp³-hybridized carbons (Fsp3) is 0.444. The molecular formula is C18H21Cl2N3O. The van der Waals surface area contributed by atoms with Crippen LogP contribution in [0.5, 0.6) is 0 Å². The zero-order valence-electron chi connectivity index (χ0n) is 13.7. The zero-order valence-corrected chi connectivity index (χ0v) is 15.2. The molecule has 2 aromatic rings. The minimum absolute atomic E-state index is 0.207. The first-order chi connectivity index (χ1) is 11.6. The number of rotatable bonds is 6. The molecule has 4 nitrogen and oxygen atoms in total. The van der Waals surface area contributed by atoms with Crippen molar-refractivity contribution in [3.63, 3.8) is 0 Å². The Morgan fingerprint density at radius 3 is 2.79 bits per heavy atom. The van der Waals surface area contributed by atoms with E-state index in [9.17, 15) is 4.79 Å². The van der Waals surface area contributed by atoms with E-state index in [-0.39, 0.29) is 11.8 Å². The van der Waals surface area contributed by atoms with Crippen LogP contribution in [0.3, 0.4) is 0 Å². The van der Waals surface area contributed by atoms with Crippen LogP contribution in [0.2, 0.25) is 10.0 Å². The summed E-state index contributed by atoms with van der Waals surface area (Å²) in [5.41, 5.74) is 0.980. The van der Waals surface area contributed by atoms with E-state index in [1.807, 2.05) is 34.7 Å². The maximum Gasteiger partial charge on any atom is 0.226 e. The largest absolute Gasteiger partial charge is 0.335 e. The summed E-state index contributed by atoms with van der Waals surface area (Å²) < 4.78 is 2.03. The lowest BCUT2D eigenvalue weighted by Crippen LogP contribution is -2.38. The molecule has 0 aliphatic heterocycles. The van der Waals surface area contributed by atoms with Gasteiger partial charge in [-0.1, -0.05) is 35.7 Å². The van der Waals surface area contributed by atoms with Crippen molar-refractivity contribution in [2.45, 2.75) is 39.3 Å². The van der Waals surface area contributed by atoms with E-state index in [1.54, 1.807) is 12.3 Å². The van der Waals surface area contributed by atoms with Crippen LogP contribution in [-0.2, 0) is 17.9 Å². The Kier molecular flexibility index (Phi) is 5.47. The number of carbonyl (C=O) groups is 1. The SMILES string of the molecule is CCN(Cc1nccn1Cc1ccc(Cl)cc1Cl)C(=O)C1CCC1. The molecule has 1 heterocycles. The highest BCUT2D eigenvalue weighted by molar-refractivity contribution is 6.35. The van der Waals surface area contributed by atoms with E-state index in [2.05, 4.69) is 4.98 Å². The molecule has 0 N–H and O–H groups in total. The van der Waals surface area contributed by atoms with Crippen molar-refractivity contribution in [3.05, 3.63) is 52.0 Å². The number of benzene rings is 1. The van der Waals surface area contributed by atoms with Crippen molar-refractivity contribution in [2.75, 3.05) is 6.54 Å². The van der Waals surface area contributed by atoms with Crippen LogP contribution in [0.15, 0.2) is 30.6 Å². The lowest BCUT2D eigenvalue weighted by Gasteiger charge is -2.31. The van der Waals surface area contributed by atoms with Crippen LogP contribution in [0.1, 0.15) is 37.6 Å². The Morgan fingerprint density at radius 1 is 1.38 bits per heavy atom. The molecule has 1 aliphatic carbocycles. The number of amides is 1. The molecule has 24 heavy (non-hydrogen) atoms. The number of carbonyl (C=O) groups excluding carboxylic acids is 1. The lowest BCUT2D eigenvalue weighted by molar-refractivity contribution is -0.138. The molecule has 3 rings (SSSR count). The van der Waals surface area contributed by atoms with Gasteiger partial charge in [-0.25, -0.2) is 4.98 Å². The molecule has 6 heteroatoms. The monoisotopic (exact) mass is 365 g/mol. The topological polar surface area (TPSA) is 38.1 Å². The average Bonchev–Trinajstić information content (AvgIpc) is 2.92. The summed E-state index contributed by atoms with van der Waals surface area (Å²) in [5, 5.41) is 1.26. The molecule has 0 spiro atoms. The Morgan fingerprint density at radius 2 is 2.17 bits per heavy atom. The van der Waals surface area contributed by atoms with Crippen molar-refractivity contribution >= 4 is 29.1 Å². The Hall–Kier alpha value is -1.52. The predicted octanol–water partition coefficient (Wildman–Crippen LogP) is 4.39. The molecule has 128 valence electrons. The van der Waals surface area contributed by atoms with Gasteiger partial charge in [0.2, 0.25) is 5.91 Å². The van der Waals surface area contributed by atoms with Gasteiger partial charge in [-0.05, 0) is 37.5 Å². The van der Waals surface area contributed by atoms with Gasteiger partial charge in [0.25, 0.3) is 0 Å². The first-order valence-corrected chi connectivity index (χ1v) is 9.06. The number of hydrogen-bond donors (Lipinski definition) is 0. The minimum atomic E-state index is 0.207. The first kappa shape index (κ1) is 17.3. The number of aromatic nitrogens is 2. The van der Waals surface area contributed by atoms with E-state index < -0.39 is 0 Å². The smallest absolute Gasteiger partial charge is 0.226 e. The quantitative estimate of drug-likeness (QED) is 0.761. The summed E-state index contributed by atoms with van der Waals surface area (Å²) in [4.78, 5) is 18.8. The summed E-state index contributed by atoms with van der Waals surface area (Å²) in [7, 11) is 0. The molecule has 0 saturated heterocycles. The molecule has 0 atom stereocenters. The Balaban J connectivity index is 1.73. The van der Waals surface area contributed by atoms with Crippen LogP contribution in [-0.4, -0.2) is 26.9 Å². The second-order valence-corrected chi connectivity index (χ2v) is 7.03. The molecule has 1 aromatic heterocycles. The molecule has 1 aromatic carbocycles. The van der Waals surface area contributed by atoms with Crippen LogP contribution in [0, 0.1) is 5.92 Å². The van der Waals surface area contributed by atoms with Gasteiger partial charge in [-0.3, -0.25) is 4.79 Å². The number of imidazole rings is 1. The highest BCUT2D eigenvalue weighted by Gasteiger charge is 2.29. The third-order valence-electron chi connectivity index (χ3n) is 4.64. The average molecular weight is 366 g/mol. The van der Waals surface area contributed by atoms with Crippen LogP contribution < -0.4 is 0 Å². The molecule has 0 bridgehead atoms. The molecule has 1 saturated carbocycles. The van der Waals surface area contributed by atoms with Gasteiger partial charge in [0.05, 0.1) is 13.1 Å². The Labute approximate surface area is 152 Å². The van der Waals surface area contributed by atoms with E-state index in [0.717, 1.165) is 30.7 Å². The first-order valence-electron chi connectivity index (χ1n) is 8.31. The van der Waals surface area contributed by atoms with Gasteiger partial charge in [-0.2, -0.15) is 0 Å². The fourth-order valence-electron chi connectivity index (χ4n) is 2.90. The van der Waals surface area contributed by atoms with Crippen molar-refractivity contribution in [1.82, 2.24) is 14.5 Å². The van der Waals surface area contributed by atoms with Gasteiger partial charge in [0.1, 0.15) is 5.82 Å². The number of nitrogens with zero attached hydrogens (tertiary/aromatic N) is 3. The summed E-state index contributed by atoms with van der Waals surface area (Å²) >= 11 is 12.2. The highest BCUT2D eigenvalue weighted by atomic mass is 35.5. The molecule has 1 aliphatic rings. The van der Waals surface area contributed by atoms with Gasteiger partial charge in [-0.15, -0.1) is 0 Å². The van der Waals surface area contributed by atoms with E-state index in [0.29, 0.717) is 29.7 Å². The third-order valence-corrected chi connectivity index (χ3v) is 5.22. The zero-order chi connectivity index (χ0) is 17.1. The number of halogens is 2. The van der Waals surface area contributed by atoms with Crippen molar-refractivity contribution in [1.29, 1.82) is 0 Å². The molecular weight excluding hydrogens is 345 g/mol. The predicted molar refractivity (Wildman–Crippen MR) is 96.2 cm³/mol. The van der Waals surface area contributed by atoms with E-state index in [4.69, 9.17) is 23.2 Å². The second kappa shape index (κ2) is 7.58. The maximum atomic E-state index is 12.5. The standard InChI is InChI=1S/C18H21Cl2N3O/c1-2-22(18(24)13-4-3-5-13)12-17-21-8-9-23(17)11-14-6-7-15(19)10-16(14)20/h6-10,13H,2-5,11-12H2,1H3. The van der Waals surface area contributed by atoms with Crippen molar-refractivity contribution < 1.29 is 4.79 Å².